The third-order valence-corrected chi connectivity index (χ3v) is 6.96. The van der Waals surface area contributed by atoms with E-state index < -0.39 is 54.5 Å². The molecule has 0 aliphatic carbocycles. The number of nitrogens with one attached hydrogen (secondary N) is 1. The molecule has 2 aromatic rings. The third kappa shape index (κ3) is 17.6. The fourth-order valence-electron chi connectivity index (χ4n) is 3.73. The molecule has 2 unspecified atom stereocenters. The van der Waals surface area contributed by atoms with Crippen LogP contribution in [0.15, 0.2) is 57.5 Å². The van der Waals surface area contributed by atoms with Gasteiger partial charge < -0.3 is 28.8 Å². The highest BCUT2D eigenvalue weighted by atomic mass is 79.9. The number of amides is 1. The van der Waals surface area contributed by atoms with Crippen molar-refractivity contribution in [1.29, 1.82) is 0 Å². The summed E-state index contributed by atoms with van der Waals surface area (Å²) in [5.74, 6) is -0.772. The lowest BCUT2D eigenvalue weighted by molar-refractivity contribution is -0.179. The number of carbonyl (C=O) groups is 6. The zero-order valence-corrected chi connectivity index (χ0v) is 31.3. The maximum Gasteiger partial charge on any atom is 0.418 e. The highest BCUT2D eigenvalue weighted by Gasteiger charge is 2.32. The van der Waals surface area contributed by atoms with E-state index in [0.717, 1.165) is 14.5 Å². The van der Waals surface area contributed by atoms with Crippen molar-refractivity contribution < 1.29 is 57.6 Å². The van der Waals surface area contributed by atoms with Gasteiger partial charge in [-0.05, 0) is 63.1 Å². The lowest BCUT2D eigenvalue weighted by atomic mass is 10.2. The first kappa shape index (κ1) is 44.1. The molecule has 0 radical (unpaired) electrons. The van der Waals surface area contributed by atoms with E-state index in [2.05, 4.69) is 46.8 Å². The molecule has 0 heterocycles. The van der Waals surface area contributed by atoms with Crippen molar-refractivity contribution in [3.63, 3.8) is 0 Å². The average Bonchev–Trinajstić information content (AvgIpc) is 3.07. The molecule has 0 aliphatic rings. The number of carbonyl (C=O) groups excluding carboxylic acids is 6. The Labute approximate surface area is 306 Å². The second kappa shape index (κ2) is 24.2. The smallest absolute Gasteiger partial charge is 0.418 e. The van der Waals surface area contributed by atoms with Gasteiger partial charge in [-0.25, -0.2) is 34.0 Å². The van der Waals surface area contributed by atoms with E-state index in [-0.39, 0.29) is 39.5 Å². The Kier molecular flexibility index (Phi) is 21.4. The molecular formula is C32H42Br2N4O12. The van der Waals surface area contributed by atoms with Crippen LogP contribution in [0.25, 0.3) is 0 Å². The van der Waals surface area contributed by atoms with Crippen LogP contribution < -0.4 is 11.3 Å². The summed E-state index contributed by atoms with van der Waals surface area (Å²) in [6.07, 6.45) is -2.81. The number of hydrazine groups is 2. The molecule has 2 aromatic carbocycles. The van der Waals surface area contributed by atoms with E-state index in [1.165, 1.54) is 23.9 Å². The van der Waals surface area contributed by atoms with Gasteiger partial charge in [0.25, 0.3) is 0 Å². The first-order chi connectivity index (χ1) is 23.7. The van der Waals surface area contributed by atoms with E-state index in [9.17, 15) is 33.9 Å². The second-order valence-corrected chi connectivity index (χ2v) is 11.7. The van der Waals surface area contributed by atoms with Gasteiger partial charge in [0.05, 0.1) is 39.5 Å². The molecule has 0 aliphatic heterocycles. The minimum Gasteiger partial charge on any atom is -0.464 e. The fourth-order valence-corrected chi connectivity index (χ4v) is 4.26. The summed E-state index contributed by atoms with van der Waals surface area (Å²) < 4.78 is 25.6. The molecule has 4 N–H and O–H groups in total. The fraction of sp³-hybridized carbons (Fsp3) is 0.438. The van der Waals surface area contributed by atoms with Gasteiger partial charge in [0.15, 0.2) is 6.10 Å². The zero-order valence-electron chi connectivity index (χ0n) is 28.1. The van der Waals surface area contributed by atoms with Crippen LogP contribution in [0.5, 0.6) is 0 Å². The van der Waals surface area contributed by atoms with Gasteiger partial charge in [-0.3, -0.25) is 16.1 Å². The number of aliphatic hydroxyl groups excluding tert-OH is 1. The highest BCUT2D eigenvalue weighted by molar-refractivity contribution is 9.10. The molecule has 0 saturated carbocycles. The third-order valence-electron chi connectivity index (χ3n) is 5.90. The largest absolute Gasteiger partial charge is 0.464 e. The highest BCUT2D eigenvalue weighted by Crippen LogP contribution is 2.13. The molecule has 50 heavy (non-hydrogen) atoms. The van der Waals surface area contributed by atoms with E-state index in [4.69, 9.17) is 20.1 Å². The maximum atomic E-state index is 12.3. The summed E-state index contributed by atoms with van der Waals surface area (Å²) in [6.45, 7) is 6.49. The van der Waals surface area contributed by atoms with Crippen molar-refractivity contribution in [2.24, 2.45) is 5.84 Å². The first-order valence-electron chi connectivity index (χ1n) is 15.3. The van der Waals surface area contributed by atoms with Gasteiger partial charge in [-0.15, -0.1) is 0 Å². The first-order valence-corrected chi connectivity index (χ1v) is 16.9. The molecule has 276 valence electrons. The lowest BCUT2D eigenvalue weighted by Gasteiger charge is -2.26. The Bertz CT molecular complexity index is 1400. The Balaban J connectivity index is 0.000000585. The van der Waals surface area contributed by atoms with Crippen molar-refractivity contribution in [3.05, 3.63) is 68.6 Å². The number of hydrogen-bond acceptors (Lipinski definition) is 15. The molecule has 16 nitrogen and oxygen atoms in total. The maximum absolute atomic E-state index is 12.3. The number of aliphatic hydroxyl groups is 1. The SMILES string of the molecule is CCOC(=O)C(=O)NN(Cc1ccc(Br)cc1)CC(OC(=O)C(=O)OCC)C(=O)OCC.CCOC(=O)C(O)CN(N)Cc1ccc(Br)cc1. The summed E-state index contributed by atoms with van der Waals surface area (Å²) in [5, 5.41) is 12.1. The predicted octanol–water partition coefficient (Wildman–Crippen LogP) is 1.93. The van der Waals surface area contributed by atoms with Crippen LogP contribution in [-0.2, 0) is 65.5 Å². The summed E-state index contributed by atoms with van der Waals surface area (Å²) in [5.41, 5.74) is 4.00. The van der Waals surface area contributed by atoms with Gasteiger partial charge in [0, 0.05) is 22.0 Å². The van der Waals surface area contributed by atoms with Crippen molar-refractivity contribution in [2.75, 3.05) is 39.5 Å². The molecule has 0 bridgehead atoms. The number of nitrogens with zero attached hydrogens (tertiary/aromatic N) is 2. The Morgan fingerprint density at radius 1 is 0.680 bits per heavy atom. The number of rotatable bonds is 16. The predicted molar refractivity (Wildman–Crippen MR) is 184 cm³/mol. The van der Waals surface area contributed by atoms with Crippen molar-refractivity contribution in [1.82, 2.24) is 15.4 Å². The molecule has 0 spiro atoms. The van der Waals surface area contributed by atoms with Crippen LogP contribution in [0.4, 0.5) is 0 Å². The molecule has 0 saturated heterocycles. The number of hydrogen-bond donors (Lipinski definition) is 3. The van der Waals surface area contributed by atoms with Crippen molar-refractivity contribution in [2.45, 2.75) is 53.0 Å². The Morgan fingerprint density at radius 3 is 1.64 bits per heavy atom. The van der Waals surface area contributed by atoms with Crippen LogP contribution in [0, 0.1) is 0 Å². The van der Waals surface area contributed by atoms with E-state index in [1.54, 1.807) is 38.1 Å². The van der Waals surface area contributed by atoms with Crippen LogP contribution >= 0.6 is 31.9 Å². The summed E-state index contributed by atoms with van der Waals surface area (Å²) in [7, 11) is 0. The molecule has 1 amide bonds. The van der Waals surface area contributed by atoms with E-state index >= 15 is 0 Å². The van der Waals surface area contributed by atoms with E-state index in [1.807, 2.05) is 24.3 Å². The molecule has 0 fully saturated rings. The minimum atomic E-state index is -1.59. The van der Waals surface area contributed by atoms with Gasteiger partial charge in [-0.1, -0.05) is 56.1 Å². The molecule has 2 rings (SSSR count). The lowest BCUT2D eigenvalue weighted by Crippen LogP contribution is -2.51. The van der Waals surface area contributed by atoms with Gasteiger partial charge in [0.1, 0.15) is 0 Å². The van der Waals surface area contributed by atoms with Crippen LogP contribution in [0.3, 0.4) is 0 Å². The normalized spacial score (nSPS) is 11.7. The number of ether oxygens (including phenoxy) is 5. The molecule has 0 aromatic heterocycles. The molecule has 2 atom stereocenters. The molecule has 18 heteroatoms. The van der Waals surface area contributed by atoms with Crippen molar-refractivity contribution in [3.8, 4) is 0 Å². The van der Waals surface area contributed by atoms with Gasteiger partial charge in [0.2, 0.25) is 6.10 Å². The number of nitrogens with two attached hydrogens (primary N) is 1. The van der Waals surface area contributed by atoms with E-state index in [0.29, 0.717) is 12.1 Å². The van der Waals surface area contributed by atoms with Gasteiger partial charge in [-0.2, -0.15) is 0 Å². The monoisotopic (exact) mass is 832 g/mol. The number of halogens is 2. The summed E-state index contributed by atoms with van der Waals surface area (Å²) in [4.78, 5) is 71.0. The Morgan fingerprint density at radius 2 is 1.14 bits per heavy atom. The standard InChI is InChI=1S/C20H25BrN2O9.C12H17BrN2O3/c1-4-29-17(25)15(32-20(28)19(27)31-6-3)12-23(22-16(24)18(26)30-5-2)11-13-7-9-14(21)10-8-13;1-2-18-12(17)11(16)8-15(14)7-9-3-5-10(13)6-4-9/h7-10,15H,4-6,11-12H2,1-3H3,(H,22,24);3-6,11,16H,2,7-8,14H2,1H3. The second-order valence-electron chi connectivity index (χ2n) is 9.86. The van der Waals surface area contributed by atoms with Crippen LogP contribution in [0.1, 0.15) is 38.8 Å². The van der Waals surface area contributed by atoms with Crippen molar-refractivity contribution >= 4 is 67.6 Å². The molecular weight excluding hydrogens is 792 g/mol. The Hall–Kier alpha value is -3.94. The summed E-state index contributed by atoms with van der Waals surface area (Å²) in [6, 6.07) is 14.6. The quantitative estimate of drug-likeness (QED) is 0.0725. The number of esters is 5. The van der Waals surface area contributed by atoms with Crippen LogP contribution in [0.2, 0.25) is 0 Å². The zero-order chi connectivity index (χ0) is 37.6. The minimum absolute atomic E-state index is 0.0123. The summed E-state index contributed by atoms with van der Waals surface area (Å²) >= 11 is 6.65. The van der Waals surface area contributed by atoms with Crippen LogP contribution in [-0.4, -0.2) is 103 Å². The van der Waals surface area contributed by atoms with Gasteiger partial charge >= 0.3 is 35.8 Å². The number of benzene rings is 2. The average molecular weight is 835 g/mol. The topological polar surface area (TPSA) is 213 Å².